The van der Waals surface area contributed by atoms with Gasteiger partial charge in [-0.25, -0.2) is 0 Å². The Hall–Kier alpha value is -1.36. The standard InChI is InChI=1S/C14H24N4O/c1-11(2)4-7-18-12(3)13(10-16-18)14(19)17-8-5-15-6-9-17/h10-11,15H,4-9H2,1-3H3. The van der Waals surface area contributed by atoms with Crippen molar-refractivity contribution in [1.82, 2.24) is 20.0 Å². The van der Waals surface area contributed by atoms with Gasteiger partial charge in [0, 0.05) is 38.4 Å². The highest BCUT2D eigenvalue weighted by Crippen LogP contribution is 2.13. The molecule has 1 aromatic heterocycles. The van der Waals surface area contributed by atoms with E-state index < -0.39 is 0 Å². The predicted molar refractivity (Wildman–Crippen MR) is 75.2 cm³/mol. The lowest BCUT2D eigenvalue weighted by molar-refractivity contribution is 0.0735. The molecule has 1 saturated heterocycles. The van der Waals surface area contributed by atoms with Gasteiger partial charge < -0.3 is 10.2 Å². The van der Waals surface area contributed by atoms with Crippen LogP contribution in [0.2, 0.25) is 0 Å². The summed E-state index contributed by atoms with van der Waals surface area (Å²) < 4.78 is 1.95. The number of hydrogen-bond donors (Lipinski definition) is 1. The van der Waals surface area contributed by atoms with Crippen molar-refractivity contribution in [3.63, 3.8) is 0 Å². The Kier molecular flexibility index (Phi) is 4.58. The van der Waals surface area contributed by atoms with Crippen LogP contribution in [0.25, 0.3) is 0 Å². The first kappa shape index (κ1) is 14.1. The third kappa shape index (κ3) is 3.35. The summed E-state index contributed by atoms with van der Waals surface area (Å²) in [6.07, 6.45) is 2.81. The van der Waals surface area contributed by atoms with Crippen LogP contribution in [0, 0.1) is 12.8 Å². The molecule has 0 bridgehead atoms. The number of amides is 1. The molecule has 1 N–H and O–H groups in total. The van der Waals surface area contributed by atoms with Crippen LogP contribution in [0.5, 0.6) is 0 Å². The first-order chi connectivity index (χ1) is 9.09. The average molecular weight is 264 g/mol. The number of nitrogens with zero attached hydrogens (tertiary/aromatic N) is 3. The van der Waals surface area contributed by atoms with Gasteiger partial charge in [0.2, 0.25) is 0 Å². The van der Waals surface area contributed by atoms with E-state index in [1.54, 1.807) is 6.20 Å². The van der Waals surface area contributed by atoms with Crippen molar-refractivity contribution in [3.8, 4) is 0 Å². The number of hydrogen-bond acceptors (Lipinski definition) is 3. The lowest BCUT2D eigenvalue weighted by Gasteiger charge is -2.27. The monoisotopic (exact) mass is 264 g/mol. The Morgan fingerprint density at radius 3 is 2.74 bits per heavy atom. The van der Waals surface area contributed by atoms with Crippen LogP contribution in [0.3, 0.4) is 0 Å². The molecule has 106 valence electrons. The molecular formula is C14H24N4O. The minimum absolute atomic E-state index is 0.120. The predicted octanol–water partition coefficient (Wildman–Crippen LogP) is 1.28. The number of carbonyl (C=O) groups is 1. The van der Waals surface area contributed by atoms with E-state index >= 15 is 0 Å². The van der Waals surface area contributed by atoms with E-state index in [-0.39, 0.29) is 5.91 Å². The first-order valence-corrected chi connectivity index (χ1v) is 7.12. The van der Waals surface area contributed by atoms with Crippen LogP contribution in [-0.4, -0.2) is 46.8 Å². The molecule has 0 atom stereocenters. The van der Waals surface area contributed by atoms with E-state index in [0.29, 0.717) is 5.92 Å². The van der Waals surface area contributed by atoms with Gasteiger partial charge in [-0.2, -0.15) is 5.10 Å². The maximum atomic E-state index is 12.4. The summed E-state index contributed by atoms with van der Waals surface area (Å²) in [5.74, 6) is 0.769. The smallest absolute Gasteiger partial charge is 0.257 e. The zero-order valence-electron chi connectivity index (χ0n) is 12.1. The van der Waals surface area contributed by atoms with Crippen molar-refractivity contribution in [3.05, 3.63) is 17.5 Å². The summed E-state index contributed by atoms with van der Waals surface area (Å²) >= 11 is 0. The molecule has 0 unspecified atom stereocenters. The molecule has 2 heterocycles. The maximum absolute atomic E-state index is 12.4. The molecule has 0 radical (unpaired) electrons. The number of aromatic nitrogens is 2. The van der Waals surface area contributed by atoms with Gasteiger partial charge in [0.25, 0.3) is 5.91 Å². The molecule has 1 aliphatic rings. The SMILES string of the molecule is Cc1c(C(=O)N2CCNCC2)cnn1CCC(C)C. The fraction of sp³-hybridized carbons (Fsp3) is 0.714. The Morgan fingerprint density at radius 1 is 1.42 bits per heavy atom. The molecule has 2 rings (SSSR count). The van der Waals surface area contributed by atoms with Gasteiger partial charge in [0.1, 0.15) is 0 Å². The fourth-order valence-corrected chi connectivity index (χ4v) is 2.30. The minimum Gasteiger partial charge on any atom is -0.336 e. The summed E-state index contributed by atoms with van der Waals surface area (Å²) in [4.78, 5) is 14.3. The molecule has 0 saturated carbocycles. The molecule has 1 aromatic rings. The zero-order chi connectivity index (χ0) is 13.8. The highest BCUT2D eigenvalue weighted by atomic mass is 16.2. The van der Waals surface area contributed by atoms with Gasteiger partial charge in [0.15, 0.2) is 0 Å². The van der Waals surface area contributed by atoms with Crippen molar-refractivity contribution < 1.29 is 4.79 Å². The normalized spacial score (nSPS) is 16.1. The van der Waals surface area contributed by atoms with E-state index in [0.717, 1.165) is 50.4 Å². The van der Waals surface area contributed by atoms with Gasteiger partial charge in [-0.1, -0.05) is 13.8 Å². The van der Waals surface area contributed by atoms with E-state index in [2.05, 4.69) is 24.3 Å². The minimum atomic E-state index is 0.120. The number of nitrogens with one attached hydrogen (secondary N) is 1. The molecule has 1 aliphatic heterocycles. The molecule has 0 aliphatic carbocycles. The van der Waals surface area contributed by atoms with Crippen LogP contribution in [0.15, 0.2) is 6.20 Å². The lowest BCUT2D eigenvalue weighted by atomic mass is 10.1. The molecule has 19 heavy (non-hydrogen) atoms. The van der Waals surface area contributed by atoms with Gasteiger partial charge in [-0.3, -0.25) is 9.48 Å². The second kappa shape index (κ2) is 6.19. The van der Waals surface area contributed by atoms with Crippen molar-refractivity contribution in [1.29, 1.82) is 0 Å². The fourth-order valence-electron chi connectivity index (χ4n) is 2.30. The van der Waals surface area contributed by atoms with E-state index in [9.17, 15) is 4.79 Å². The van der Waals surface area contributed by atoms with Crippen molar-refractivity contribution in [2.75, 3.05) is 26.2 Å². The second-order valence-corrected chi connectivity index (χ2v) is 5.59. The van der Waals surface area contributed by atoms with Gasteiger partial charge in [-0.15, -0.1) is 0 Å². The number of carbonyl (C=O) groups excluding carboxylic acids is 1. The first-order valence-electron chi connectivity index (χ1n) is 7.12. The molecule has 1 amide bonds. The average Bonchev–Trinajstić information content (AvgIpc) is 2.78. The number of aryl methyl sites for hydroxylation is 1. The van der Waals surface area contributed by atoms with Crippen molar-refractivity contribution in [2.45, 2.75) is 33.7 Å². The summed E-state index contributed by atoms with van der Waals surface area (Å²) in [6, 6.07) is 0. The third-order valence-electron chi connectivity index (χ3n) is 3.66. The Labute approximate surface area is 115 Å². The number of piperazine rings is 1. The third-order valence-corrected chi connectivity index (χ3v) is 3.66. The summed E-state index contributed by atoms with van der Waals surface area (Å²) in [7, 11) is 0. The van der Waals surface area contributed by atoms with Crippen LogP contribution in [0.4, 0.5) is 0 Å². The topological polar surface area (TPSA) is 50.2 Å². The van der Waals surface area contributed by atoms with E-state index in [1.165, 1.54) is 0 Å². The van der Waals surface area contributed by atoms with Crippen molar-refractivity contribution >= 4 is 5.91 Å². The molecule has 5 nitrogen and oxygen atoms in total. The Balaban J connectivity index is 2.05. The molecule has 0 aromatic carbocycles. The number of rotatable bonds is 4. The van der Waals surface area contributed by atoms with E-state index in [4.69, 9.17) is 0 Å². The Bertz CT molecular complexity index is 433. The highest BCUT2D eigenvalue weighted by Gasteiger charge is 2.21. The maximum Gasteiger partial charge on any atom is 0.257 e. The molecule has 1 fully saturated rings. The van der Waals surface area contributed by atoms with Crippen LogP contribution in [0.1, 0.15) is 36.3 Å². The van der Waals surface area contributed by atoms with Crippen molar-refractivity contribution in [2.24, 2.45) is 5.92 Å². The van der Waals surface area contributed by atoms with Crippen LogP contribution < -0.4 is 5.32 Å². The quantitative estimate of drug-likeness (QED) is 0.891. The molecule has 5 heteroatoms. The molecule has 0 spiro atoms. The summed E-state index contributed by atoms with van der Waals surface area (Å²) in [5.41, 5.74) is 1.75. The highest BCUT2D eigenvalue weighted by molar-refractivity contribution is 5.95. The summed E-state index contributed by atoms with van der Waals surface area (Å²) in [6.45, 7) is 10.6. The van der Waals surface area contributed by atoms with Crippen LogP contribution in [-0.2, 0) is 6.54 Å². The van der Waals surface area contributed by atoms with Gasteiger partial charge >= 0.3 is 0 Å². The van der Waals surface area contributed by atoms with Gasteiger partial charge in [-0.05, 0) is 19.3 Å². The molecular weight excluding hydrogens is 240 g/mol. The van der Waals surface area contributed by atoms with Gasteiger partial charge in [0.05, 0.1) is 11.8 Å². The lowest BCUT2D eigenvalue weighted by Crippen LogP contribution is -2.46. The van der Waals surface area contributed by atoms with E-state index in [1.807, 2.05) is 16.5 Å². The summed E-state index contributed by atoms with van der Waals surface area (Å²) in [5, 5.41) is 7.62. The van der Waals surface area contributed by atoms with Crippen LogP contribution >= 0.6 is 0 Å². The zero-order valence-corrected chi connectivity index (χ0v) is 12.1. The second-order valence-electron chi connectivity index (χ2n) is 5.59. The largest absolute Gasteiger partial charge is 0.336 e. The Morgan fingerprint density at radius 2 is 2.11 bits per heavy atom.